The monoisotopic (exact) mass is 831 g/mol. The molecule has 0 radical (unpaired) electrons. The number of allylic oxidation sites excluding steroid dienone is 2. The van der Waals surface area contributed by atoms with Crippen molar-refractivity contribution in [2.24, 2.45) is 0 Å². The van der Waals surface area contributed by atoms with E-state index in [9.17, 15) is 0 Å². The molecule has 3 atom stereocenters. The first-order valence-corrected chi connectivity index (χ1v) is 38.1. The normalized spacial score (nSPS) is 18.9. The molecule has 245 valence electrons. The van der Waals surface area contributed by atoms with Crippen molar-refractivity contribution in [1.82, 2.24) is 0 Å². The van der Waals surface area contributed by atoms with Crippen LogP contribution in [-0.2, 0) is 15.6 Å². The van der Waals surface area contributed by atoms with Crippen LogP contribution in [0.1, 0.15) is 69.0 Å². The van der Waals surface area contributed by atoms with Gasteiger partial charge in [-0.05, 0) is 0 Å². The van der Waals surface area contributed by atoms with Gasteiger partial charge in [0.15, 0.2) is 0 Å². The third kappa shape index (κ3) is 6.80. The second-order valence-electron chi connectivity index (χ2n) is 13.3. The average molecular weight is 835 g/mol. The SMILES string of the molecule is CCC1=Cc2c(-c3ccccc3)cccc2[CH]1[Zr]([Cl])([Cl])([CH]1C(CC)=Cc2c(-c3ccccc3)cccc21)[SiH](C)CCCC[Si](Cl)(Cl)Cl. The van der Waals surface area contributed by atoms with Crippen molar-refractivity contribution < 1.29 is 15.6 Å². The van der Waals surface area contributed by atoms with Crippen molar-refractivity contribution in [3.63, 3.8) is 0 Å². The van der Waals surface area contributed by atoms with E-state index in [-0.39, 0.29) is 7.25 Å². The Kier molecular flexibility index (Phi) is 11.0. The predicted molar refractivity (Wildman–Crippen MR) is 213 cm³/mol. The molecule has 4 aromatic carbocycles. The van der Waals surface area contributed by atoms with Gasteiger partial charge in [0.25, 0.3) is 0 Å². The molecule has 0 saturated heterocycles. The molecule has 0 aromatic heterocycles. The molecule has 0 saturated carbocycles. The zero-order chi connectivity index (χ0) is 33.4. The van der Waals surface area contributed by atoms with Crippen molar-refractivity contribution in [2.45, 2.75) is 65.4 Å². The summed E-state index contributed by atoms with van der Waals surface area (Å²) in [6.45, 7) is 7.04. The first-order valence-electron chi connectivity index (χ1n) is 16.9. The molecule has 6 rings (SSSR count). The van der Waals surface area contributed by atoms with Gasteiger partial charge in [-0.2, -0.15) is 0 Å². The van der Waals surface area contributed by atoms with Crippen molar-refractivity contribution in [1.29, 1.82) is 0 Å². The number of unbranched alkanes of at least 4 members (excludes halogenated alkanes) is 1. The van der Waals surface area contributed by atoms with E-state index < -0.39 is 27.5 Å². The van der Waals surface area contributed by atoms with Gasteiger partial charge < -0.3 is 0 Å². The molecule has 0 amide bonds. The molecule has 0 N–H and O–H groups in total. The predicted octanol–water partition coefficient (Wildman–Crippen LogP) is 14.2. The maximum absolute atomic E-state index is 8.81. The summed E-state index contributed by atoms with van der Waals surface area (Å²) in [4.78, 5) is 0. The zero-order valence-corrected chi connectivity index (χ0v) is 35.6. The van der Waals surface area contributed by atoms with Gasteiger partial charge in [-0.25, -0.2) is 0 Å². The fourth-order valence-corrected chi connectivity index (χ4v) is 51.3. The van der Waals surface area contributed by atoms with E-state index in [1.165, 1.54) is 55.7 Å². The molecule has 0 spiro atoms. The van der Waals surface area contributed by atoms with Crippen molar-refractivity contribution in [3.05, 3.63) is 130 Å². The second-order valence-corrected chi connectivity index (χ2v) is 64.0. The molecule has 2 aliphatic carbocycles. The Morgan fingerprint density at radius 3 is 1.47 bits per heavy atom. The Balaban J connectivity index is 1.55. The van der Waals surface area contributed by atoms with Crippen LogP contribution >= 0.6 is 50.3 Å². The quantitative estimate of drug-likeness (QED) is 0.0758. The summed E-state index contributed by atoms with van der Waals surface area (Å²) in [5, 5.41) is 0. The van der Waals surface area contributed by atoms with E-state index in [0.717, 1.165) is 31.7 Å². The summed E-state index contributed by atoms with van der Waals surface area (Å²) in [5.41, 5.74) is 13.0. The number of fused-ring (bicyclic) bond motifs is 2. The van der Waals surface area contributed by atoms with E-state index in [1.807, 2.05) is 0 Å². The minimum absolute atomic E-state index is 0.0546. The Hall–Kier alpha value is -0.873. The molecule has 0 fully saturated rings. The standard InChI is InChI=1S/2C17H15.C5H12Cl3Si2.2ClH.Zr/c2*1-2-13-11-15-9-6-10-16(17(15)12-13)14-7-4-3-5-8-14;1-9-4-2-3-5-10(6,7)8;;;/h2*3-12H,2H2,1H3;9H,2-5H2,1H3;2*1H;/q;;;;;+2/p-2. The van der Waals surface area contributed by atoms with E-state index in [1.54, 1.807) is 0 Å². The maximum atomic E-state index is 8.81. The summed E-state index contributed by atoms with van der Waals surface area (Å²) < 4.78 is 0.109. The Morgan fingerprint density at radius 1 is 0.617 bits per heavy atom. The minimum atomic E-state index is -4.98. The first kappa shape index (κ1) is 35.9. The number of benzene rings is 4. The first-order chi connectivity index (χ1) is 22.5. The van der Waals surface area contributed by atoms with E-state index in [0.29, 0.717) is 6.04 Å². The number of hydrogen-bond acceptors (Lipinski definition) is 0. The summed E-state index contributed by atoms with van der Waals surface area (Å²) in [5.74, 6) is -1.80. The van der Waals surface area contributed by atoms with Crippen LogP contribution in [0.4, 0.5) is 0 Å². The molecule has 0 heterocycles. The Morgan fingerprint density at radius 2 is 1.06 bits per heavy atom. The van der Waals surface area contributed by atoms with E-state index in [2.05, 4.69) is 130 Å². The van der Waals surface area contributed by atoms with Crippen LogP contribution in [0.3, 0.4) is 0 Å². The molecule has 4 aromatic rings. The second kappa shape index (κ2) is 14.4. The van der Waals surface area contributed by atoms with E-state index >= 15 is 0 Å². The van der Waals surface area contributed by atoms with Crippen LogP contribution in [0.15, 0.2) is 108 Å². The third-order valence-electron chi connectivity index (χ3n) is 10.7. The summed E-state index contributed by atoms with van der Waals surface area (Å²) in [7, 11) is 17.6. The Labute approximate surface area is 305 Å². The topological polar surface area (TPSA) is 0 Å². The molecule has 0 aliphatic heterocycles. The van der Waals surface area contributed by atoms with Crippen LogP contribution in [0.2, 0.25) is 18.6 Å². The molecular formula is C39H42Cl5Si2Zr. The third-order valence-corrected chi connectivity index (χ3v) is 63.6. The van der Waals surface area contributed by atoms with Gasteiger partial charge in [0.05, 0.1) is 0 Å². The number of halogens is 5. The molecule has 8 heteroatoms. The van der Waals surface area contributed by atoms with Crippen LogP contribution in [0.25, 0.3) is 34.4 Å². The van der Waals surface area contributed by atoms with Crippen LogP contribution in [0.5, 0.6) is 0 Å². The van der Waals surface area contributed by atoms with Gasteiger partial charge in [0.1, 0.15) is 0 Å². The molecule has 2 aliphatic rings. The fourth-order valence-electron chi connectivity index (χ4n) is 8.37. The van der Waals surface area contributed by atoms with Gasteiger partial charge in [0, 0.05) is 0 Å². The van der Waals surface area contributed by atoms with Crippen LogP contribution < -0.4 is 0 Å². The fraction of sp³-hybridized carbons (Fsp3) is 0.282. The molecule has 0 nitrogen and oxygen atoms in total. The molecule has 47 heavy (non-hydrogen) atoms. The summed E-state index contributed by atoms with van der Waals surface area (Å²) >= 11 is 14.0. The summed E-state index contributed by atoms with van der Waals surface area (Å²) in [6.07, 6.45) is 8.65. The Bertz CT molecular complexity index is 1700. The average Bonchev–Trinajstić information content (AvgIpc) is 3.67. The molecule has 3 unspecified atom stereocenters. The van der Waals surface area contributed by atoms with E-state index in [4.69, 9.17) is 50.3 Å². The molecular weight excluding hydrogens is 793 g/mol. The van der Waals surface area contributed by atoms with Crippen LogP contribution in [-0.4, -0.2) is 11.9 Å². The molecule has 0 bridgehead atoms. The van der Waals surface area contributed by atoms with Gasteiger partial charge in [-0.15, -0.1) is 0 Å². The van der Waals surface area contributed by atoms with Gasteiger partial charge in [0.2, 0.25) is 0 Å². The number of rotatable bonds is 12. The van der Waals surface area contributed by atoms with Crippen LogP contribution in [0, 0.1) is 0 Å². The van der Waals surface area contributed by atoms with Gasteiger partial charge in [-0.1, -0.05) is 0 Å². The van der Waals surface area contributed by atoms with Crippen molar-refractivity contribution in [3.8, 4) is 22.3 Å². The van der Waals surface area contributed by atoms with Crippen molar-refractivity contribution >= 4 is 74.3 Å². The number of hydrogen-bond donors (Lipinski definition) is 0. The summed E-state index contributed by atoms with van der Waals surface area (Å²) in [6, 6.07) is 34.1. The van der Waals surface area contributed by atoms with Crippen molar-refractivity contribution in [2.75, 3.05) is 0 Å². The zero-order valence-electron chi connectivity index (χ0n) is 27.3. The van der Waals surface area contributed by atoms with Gasteiger partial charge in [-0.3, -0.25) is 0 Å². The van der Waals surface area contributed by atoms with Gasteiger partial charge >= 0.3 is 308 Å².